The van der Waals surface area contributed by atoms with Gasteiger partial charge in [0.2, 0.25) is 0 Å². The van der Waals surface area contributed by atoms with E-state index in [9.17, 15) is 40.9 Å². The molecule has 5 aliphatic rings. The molecule has 252 valence electrons. The summed E-state index contributed by atoms with van der Waals surface area (Å²) in [4.78, 5) is 0. The fourth-order valence-electron chi connectivity index (χ4n) is 10.1. The van der Waals surface area contributed by atoms with Gasteiger partial charge in [0.1, 0.15) is 24.4 Å². The molecule has 10 heteroatoms. The fourth-order valence-corrected chi connectivity index (χ4v) is 10.1. The van der Waals surface area contributed by atoms with E-state index in [1.807, 2.05) is 19.9 Å². The van der Waals surface area contributed by atoms with Crippen LogP contribution < -0.4 is 0 Å². The van der Waals surface area contributed by atoms with E-state index in [0.29, 0.717) is 18.8 Å². The van der Waals surface area contributed by atoms with Gasteiger partial charge in [-0.15, -0.1) is 0 Å². The molecule has 1 aliphatic heterocycles. The zero-order valence-corrected chi connectivity index (χ0v) is 26.9. The number of ether oxygens (including phenoxy) is 2. The van der Waals surface area contributed by atoms with Gasteiger partial charge in [-0.05, 0) is 93.0 Å². The molecule has 3 saturated carbocycles. The van der Waals surface area contributed by atoms with Crippen molar-refractivity contribution < 1.29 is 50.3 Å². The van der Waals surface area contributed by atoms with Gasteiger partial charge in [-0.2, -0.15) is 0 Å². The molecule has 0 aromatic rings. The third-order valence-corrected chi connectivity index (χ3v) is 13.2. The molecule has 10 nitrogen and oxygen atoms in total. The maximum atomic E-state index is 11.7. The summed E-state index contributed by atoms with van der Waals surface area (Å²) in [5.74, 6) is 0.717. The molecule has 1 heterocycles. The van der Waals surface area contributed by atoms with Crippen LogP contribution in [0.15, 0.2) is 22.8 Å². The molecule has 0 aromatic carbocycles. The molecule has 0 aromatic heterocycles. The van der Waals surface area contributed by atoms with Crippen molar-refractivity contribution in [3.63, 3.8) is 0 Å². The van der Waals surface area contributed by atoms with Crippen molar-refractivity contribution in [2.24, 2.45) is 40.4 Å². The summed E-state index contributed by atoms with van der Waals surface area (Å²) < 4.78 is 11.6. The Balaban J connectivity index is 1.33. The number of rotatable bonds is 8. The zero-order chi connectivity index (χ0) is 32.3. The average Bonchev–Trinajstić information content (AvgIpc) is 3.34. The van der Waals surface area contributed by atoms with Crippen LogP contribution in [-0.4, -0.2) is 109 Å². The van der Waals surface area contributed by atoms with Crippen LogP contribution in [0.5, 0.6) is 0 Å². The molecule has 8 N–H and O–H groups in total. The van der Waals surface area contributed by atoms with Gasteiger partial charge < -0.3 is 50.3 Å². The maximum Gasteiger partial charge on any atom is 0.186 e. The zero-order valence-electron chi connectivity index (χ0n) is 26.9. The lowest BCUT2D eigenvalue weighted by Crippen LogP contribution is -2.61. The lowest BCUT2D eigenvalue weighted by Gasteiger charge is -2.61. The molecule has 44 heavy (non-hydrogen) atoms. The Bertz CT molecular complexity index is 1090. The third kappa shape index (κ3) is 5.65. The van der Waals surface area contributed by atoms with E-state index in [2.05, 4.69) is 20.8 Å². The molecule has 0 unspecified atom stereocenters. The first-order valence-electron chi connectivity index (χ1n) is 16.7. The van der Waals surface area contributed by atoms with E-state index in [-0.39, 0.29) is 42.1 Å². The minimum absolute atomic E-state index is 0.00213. The summed E-state index contributed by atoms with van der Waals surface area (Å²) in [6.45, 7) is 9.92. The Labute approximate surface area is 261 Å². The number of fused-ring (bicyclic) bond motifs is 5. The highest BCUT2D eigenvalue weighted by Gasteiger charge is 2.63. The SMILES string of the molecule is C/C(CO)=C(\C)C[C@@H](O)[C@@H](C)[C@H]1CC[C@H]2[C@@H]3[C@H](O)C=C4C[C@@H](O[C@@H]5O[C@H](CO)[C@@H](O)[C@H](O)[C@H]5O)C[C@H](O)[C@]4(C)[C@H]3CC[C@]12C. The van der Waals surface area contributed by atoms with E-state index in [1.54, 1.807) is 0 Å². The Kier molecular flexibility index (Phi) is 10.1. The smallest absolute Gasteiger partial charge is 0.186 e. The second-order valence-corrected chi connectivity index (χ2v) is 15.2. The van der Waals surface area contributed by atoms with E-state index >= 15 is 0 Å². The van der Waals surface area contributed by atoms with Gasteiger partial charge in [0.25, 0.3) is 0 Å². The Morgan fingerprint density at radius 1 is 0.977 bits per heavy atom. The van der Waals surface area contributed by atoms with Crippen LogP contribution >= 0.6 is 0 Å². The standard InChI is InChI=1S/C34H56O10/c1-16(17(2)14-35)10-24(37)18(3)21-6-7-22-28-23(8-9-33(21,22)4)34(5)19(12-25(28)38)11-20(13-27(34)39)43-32-31(42)30(41)29(40)26(15-36)44-32/h12,18,20-32,35-42H,6-11,13-15H2,1-5H3/b17-16-/t18-,20+,21+,22-,23-,24+,25+,26+,27-,28-,29+,30-,31+,32+,33+,34-/m0/s1. The molecule has 0 spiro atoms. The molecule has 1 saturated heterocycles. The Morgan fingerprint density at radius 2 is 1.68 bits per heavy atom. The quantitative estimate of drug-likeness (QED) is 0.184. The summed E-state index contributed by atoms with van der Waals surface area (Å²) in [5.41, 5.74) is 2.28. The highest BCUT2D eigenvalue weighted by Crippen LogP contribution is 2.67. The summed E-state index contributed by atoms with van der Waals surface area (Å²) in [5, 5.41) is 84.5. The predicted molar refractivity (Wildman–Crippen MR) is 162 cm³/mol. The minimum atomic E-state index is -1.54. The minimum Gasteiger partial charge on any atom is -0.394 e. The van der Waals surface area contributed by atoms with Gasteiger partial charge in [-0.3, -0.25) is 0 Å². The third-order valence-electron chi connectivity index (χ3n) is 13.2. The van der Waals surface area contributed by atoms with Gasteiger partial charge in [-0.25, -0.2) is 0 Å². The number of aliphatic hydroxyl groups excluding tert-OH is 8. The number of hydrogen-bond acceptors (Lipinski definition) is 10. The average molecular weight is 625 g/mol. The molecule has 0 radical (unpaired) electrons. The van der Waals surface area contributed by atoms with Crippen molar-refractivity contribution in [2.45, 2.75) is 135 Å². The van der Waals surface area contributed by atoms with Gasteiger partial charge in [0, 0.05) is 11.8 Å². The molecule has 16 atom stereocenters. The largest absolute Gasteiger partial charge is 0.394 e. The van der Waals surface area contributed by atoms with Crippen molar-refractivity contribution in [3.05, 3.63) is 22.8 Å². The van der Waals surface area contributed by atoms with Crippen LogP contribution in [0.4, 0.5) is 0 Å². The fraction of sp³-hybridized carbons (Fsp3) is 0.882. The first-order valence-corrected chi connectivity index (χ1v) is 16.7. The van der Waals surface area contributed by atoms with Crippen LogP contribution in [0.1, 0.15) is 79.6 Å². The molecule has 4 fully saturated rings. The van der Waals surface area contributed by atoms with Crippen LogP contribution in [-0.2, 0) is 9.47 Å². The second-order valence-electron chi connectivity index (χ2n) is 15.2. The lowest BCUT2D eigenvalue weighted by atomic mass is 9.45. The summed E-state index contributed by atoms with van der Waals surface area (Å²) in [7, 11) is 0. The van der Waals surface area contributed by atoms with E-state index < -0.39 is 67.1 Å². The predicted octanol–water partition coefficient (Wildman–Crippen LogP) is 1.41. The first kappa shape index (κ1) is 34.4. The van der Waals surface area contributed by atoms with Crippen LogP contribution in [0.2, 0.25) is 0 Å². The number of hydrogen-bond donors (Lipinski definition) is 8. The Hall–Kier alpha value is -0.920. The topological polar surface area (TPSA) is 180 Å². The molecule has 5 rings (SSSR count). The highest BCUT2D eigenvalue weighted by molar-refractivity contribution is 5.30. The summed E-state index contributed by atoms with van der Waals surface area (Å²) in [6, 6.07) is 0. The summed E-state index contributed by atoms with van der Waals surface area (Å²) in [6.07, 6.45) is -2.42. The second kappa shape index (κ2) is 12.9. The van der Waals surface area contributed by atoms with Crippen molar-refractivity contribution in [2.75, 3.05) is 13.2 Å². The van der Waals surface area contributed by atoms with Crippen LogP contribution in [0.3, 0.4) is 0 Å². The van der Waals surface area contributed by atoms with Crippen molar-refractivity contribution in [1.29, 1.82) is 0 Å². The molecule has 0 bridgehead atoms. The molecule has 0 amide bonds. The van der Waals surface area contributed by atoms with E-state index in [4.69, 9.17) is 9.47 Å². The van der Waals surface area contributed by atoms with E-state index in [1.165, 1.54) is 0 Å². The van der Waals surface area contributed by atoms with Gasteiger partial charge in [0.05, 0.1) is 37.6 Å². The molecule has 4 aliphatic carbocycles. The lowest BCUT2D eigenvalue weighted by molar-refractivity contribution is -0.315. The van der Waals surface area contributed by atoms with Gasteiger partial charge in [-0.1, -0.05) is 38.0 Å². The van der Waals surface area contributed by atoms with Crippen LogP contribution in [0.25, 0.3) is 0 Å². The van der Waals surface area contributed by atoms with Crippen molar-refractivity contribution >= 4 is 0 Å². The summed E-state index contributed by atoms with van der Waals surface area (Å²) >= 11 is 0. The number of aliphatic hydroxyl groups is 8. The highest BCUT2D eigenvalue weighted by atomic mass is 16.7. The van der Waals surface area contributed by atoms with Gasteiger partial charge in [0.15, 0.2) is 6.29 Å². The molecular formula is C34H56O10. The van der Waals surface area contributed by atoms with Crippen molar-refractivity contribution in [1.82, 2.24) is 0 Å². The van der Waals surface area contributed by atoms with E-state index in [0.717, 1.165) is 42.4 Å². The van der Waals surface area contributed by atoms with Crippen LogP contribution in [0, 0.1) is 40.4 Å². The monoisotopic (exact) mass is 624 g/mol. The first-order chi connectivity index (χ1) is 20.7. The van der Waals surface area contributed by atoms with Gasteiger partial charge >= 0.3 is 0 Å². The van der Waals surface area contributed by atoms with Crippen molar-refractivity contribution in [3.8, 4) is 0 Å². The Morgan fingerprint density at radius 3 is 2.34 bits per heavy atom. The maximum absolute atomic E-state index is 11.7. The normalized spacial score (nSPS) is 49.2. The molecular weight excluding hydrogens is 568 g/mol.